The number of carbonyl (C=O) groups excluding carboxylic acids is 2. The molecular weight excluding hydrogens is 871 g/mol. The van der Waals surface area contributed by atoms with E-state index in [1.54, 1.807) is 6.08 Å². The molecule has 0 radical (unpaired) electrons. The summed E-state index contributed by atoms with van der Waals surface area (Å²) in [7, 11) is 0. The fourth-order valence-electron chi connectivity index (χ4n) is 8.33. The minimum absolute atomic E-state index is 0.0210. The summed E-state index contributed by atoms with van der Waals surface area (Å²) in [6, 6.07) is -0.841. The molecule has 1 amide bonds. The van der Waals surface area contributed by atoms with Crippen LogP contribution in [0.25, 0.3) is 0 Å². The average molecular weight is 974 g/mol. The Hall–Kier alpha value is -2.64. The molecule has 11 nitrogen and oxygen atoms in total. The van der Waals surface area contributed by atoms with Gasteiger partial charge < -0.3 is 45.1 Å². The molecule has 1 aliphatic rings. The summed E-state index contributed by atoms with van der Waals surface area (Å²) in [5.41, 5.74) is 0. The van der Waals surface area contributed by atoms with Crippen LogP contribution in [-0.2, 0) is 23.8 Å². The molecule has 400 valence electrons. The number of hydrogen-bond donors (Lipinski definition) is 6. The molecule has 1 aliphatic heterocycles. The van der Waals surface area contributed by atoms with Crippen molar-refractivity contribution in [2.24, 2.45) is 0 Å². The Kier molecular flexibility index (Phi) is 44.5. The Balaban J connectivity index is 2.09. The van der Waals surface area contributed by atoms with Gasteiger partial charge in [-0.25, -0.2) is 0 Å². The molecule has 0 spiro atoms. The predicted molar refractivity (Wildman–Crippen MR) is 283 cm³/mol. The van der Waals surface area contributed by atoms with E-state index in [1.807, 2.05) is 6.08 Å². The van der Waals surface area contributed by atoms with Crippen molar-refractivity contribution in [1.82, 2.24) is 5.32 Å². The average Bonchev–Trinajstić information content (AvgIpc) is 3.34. The normalized spacial score (nSPS) is 19.8. The van der Waals surface area contributed by atoms with E-state index >= 15 is 0 Å². The van der Waals surface area contributed by atoms with Gasteiger partial charge in [0.2, 0.25) is 5.91 Å². The van der Waals surface area contributed by atoms with Gasteiger partial charge in [-0.15, -0.1) is 0 Å². The maximum atomic E-state index is 13.0. The van der Waals surface area contributed by atoms with Crippen LogP contribution in [-0.4, -0.2) is 100 Å². The van der Waals surface area contributed by atoms with Gasteiger partial charge in [0, 0.05) is 12.8 Å². The predicted octanol–water partition coefficient (Wildman–Crippen LogP) is 12.3. The first kappa shape index (κ1) is 64.4. The molecule has 7 atom stereocenters. The largest absolute Gasteiger partial charge is 0.466 e. The zero-order chi connectivity index (χ0) is 50.3. The number of unbranched alkanes of at least 4 members (excludes halogenated alkanes) is 25. The maximum absolute atomic E-state index is 13.0. The highest BCUT2D eigenvalue weighted by Crippen LogP contribution is 2.23. The monoisotopic (exact) mass is 974 g/mol. The summed E-state index contributed by atoms with van der Waals surface area (Å²) >= 11 is 0. The molecule has 1 heterocycles. The lowest BCUT2D eigenvalue weighted by Gasteiger charge is -2.40. The lowest BCUT2D eigenvalue weighted by atomic mass is 9.99. The number of carbonyl (C=O) groups is 2. The second kappa shape index (κ2) is 47.7. The molecule has 0 aromatic rings. The van der Waals surface area contributed by atoms with Crippen molar-refractivity contribution in [3.8, 4) is 0 Å². The number of rotatable bonds is 47. The molecule has 6 N–H and O–H groups in total. The van der Waals surface area contributed by atoms with Crippen LogP contribution >= 0.6 is 0 Å². The number of nitrogens with one attached hydrogen (secondary N) is 1. The SMILES string of the molecule is CC/C=C/CC/C=C/CC/C=C/C(O)C(COC1OC(CO)C(O)C(O)C1O)NC(=O)CCCCCCCCC/C=C\CCCCCCCCCCCOC(=O)CCCCCCC/C=C\CCCC. The van der Waals surface area contributed by atoms with Crippen molar-refractivity contribution >= 4 is 11.9 Å². The van der Waals surface area contributed by atoms with E-state index < -0.39 is 49.5 Å². The van der Waals surface area contributed by atoms with Gasteiger partial charge in [-0.05, 0) is 96.3 Å². The van der Waals surface area contributed by atoms with Gasteiger partial charge in [0.05, 0.1) is 32.0 Å². The zero-order valence-corrected chi connectivity index (χ0v) is 43.8. The van der Waals surface area contributed by atoms with Crippen molar-refractivity contribution < 1.29 is 49.3 Å². The second-order valence-corrected chi connectivity index (χ2v) is 19.2. The van der Waals surface area contributed by atoms with E-state index in [4.69, 9.17) is 14.2 Å². The Morgan fingerprint density at radius 2 is 0.986 bits per heavy atom. The van der Waals surface area contributed by atoms with E-state index in [-0.39, 0.29) is 18.5 Å². The molecule has 69 heavy (non-hydrogen) atoms. The number of amides is 1. The smallest absolute Gasteiger partial charge is 0.305 e. The fraction of sp³-hybridized carbons (Fsp3) is 0.793. The van der Waals surface area contributed by atoms with Gasteiger partial charge in [-0.2, -0.15) is 0 Å². The van der Waals surface area contributed by atoms with Crippen LogP contribution < -0.4 is 5.32 Å². The van der Waals surface area contributed by atoms with E-state index in [0.717, 1.165) is 83.5 Å². The summed E-state index contributed by atoms with van der Waals surface area (Å²) < 4.78 is 16.6. The van der Waals surface area contributed by atoms with Gasteiger partial charge in [-0.1, -0.05) is 184 Å². The van der Waals surface area contributed by atoms with E-state index in [0.29, 0.717) is 25.9 Å². The van der Waals surface area contributed by atoms with E-state index in [1.165, 1.54) is 116 Å². The molecule has 1 saturated heterocycles. The lowest BCUT2D eigenvalue weighted by molar-refractivity contribution is -0.302. The van der Waals surface area contributed by atoms with Gasteiger partial charge in [0.25, 0.3) is 0 Å². The van der Waals surface area contributed by atoms with Crippen LogP contribution in [0, 0.1) is 0 Å². The Morgan fingerprint density at radius 1 is 0.536 bits per heavy atom. The highest BCUT2D eigenvalue weighted by atomic mass is 16.7. The summed E-state index contributed by atoms with van der Waals surface area (Å²) in [4.78, 5) is 25.0. The van der Waals surface area contributed by atoms with Crippen molar-refractivity contribution in [3.63, 3.8) is 0 Å². The number of esters is 1. The number of hydrogen-bond acceptors (Lipinski definition) is 10. The van der Waals surface area contributed by atoms with Crippen LogP contribution in [0.5, 0.6) is 0 Å². The minimum atomic E-state index is -1.58. The van der Waals surface area contributed by atoms with Gasteiger partial charge in [-0.3, -0.25) is 9.59 Å². The topological polar surface area (TPSA) is 175 Å². The molecule has 0 aromatic heterocycles. The quantitative estimate of drug-likeness (QED) is 0.0196. The number of aliphatic hydroxyl groups excluding tert-OH is 5. The van der Waals surface area contributed by atoms with Crippen LogP contribution in [0.3, 0.4) is 0 Å². The first-order valence-electron chi connectivity index (χ1n) is 28.1. The third kappa shape index (κ3) is 37.8. The summed E-state index contributed by atoms with van der Waals surface area (Å²) in [5, 5.41) is 54.1. The van der Waals surface area contributed by atoms with Crippen molar-refractivity contribution in [1.29, 1.82) is 0 Å². The Morgan fingerprint density at radius 3 is 1.51 bits per heavy atom. The molecule has 11 heteroatoms. The molecule has 1 rings (SSSR count). The molecule has 0 saturated carbocycles. The van der Waals surface area contributed by atoms with Crippen LogP contribution in [0.4, 0.5) is 0 Å². The van der Waals surface area contributed by atoms with Gasteiger partial charge in [0.15, 0.2) is 6.29 Å². The maximum Gasteiger partial charge on any atom is 0.305 e. The zero-order valence-electron chi connectivity index (χ0n) is 43.8. The van der Waals surface area contributed by atoms with Crippen LogP contribution in [0.15, 0.2) is 60.8 Å². The van der Waals surface area contributed by atoms with Gasteiger partial charge >= 0.3 is 5.97 Å². The third-order valence-electron chi connectivity index (χ3n) is 12.8. The first-order valence-corrected chi connectivity index (χ1v) is 28.1. The summed E-state index contributed by atoms with van der Waals surface area (Å²) in [6.45, 7) is 4.13. The van der Waals surface area contributed by atoms with Crippen molar-refractivity contribution in [2.75, 3.05) is 19.8 Å². The summed E-state index contributed by atoms with van der Waals surface area (Å²) in [5.74, 6) is -0.230. The number of aliphatic hydroxyl groups is 5. The lowest BCUT2D eigenvalue weighted by Crippen LogP contribution is -2.60. The van der Waals surface area contributed by atoms with Crippen LogP contribution in [0.2, 0.25) is 0 Å². The number of ether oxygens (including phenoxy) is 3. The second-order valence-electron chi connectivity index (χ2n) is 19.2. The van der Waals surface area contributed by atoms with E-state index in [9.17, 15) is 35.1 Å². The molecule has 0 aliphatic carbocycles. The standard InChI is InChI=1S/C58H103NO10/c1-3-5-7-9-11-13-25-30-34-38-42-46-54(63)67-47-43-39-35-31-27-24-22-20-18-16-15-17-19-21-23-26-29-33-37-41-45-53(62)59-50(49-68-58-57(66)56(65)55(64)52(48-60)69-58)51(61)44-40-36-32-28-14-12-10-8-6-4-2/h6,8-9,11,14-15,17,28,40,44,50-52,55-58,60-61,64-66H,3-5,7,10,12-13,16,18-27,29-39,41-43,45-49H2,1-2H3,(H,59,62)/b8-6+,11-9-,17-15-,28-14+,44-40+. The van der Waals surface area contributed by atoms with Crippen molar-refractivity contribution in [3.05, 3.63) is 60.8 Å². The summed E-state index contributed by atoms with van der Waals surface area (Å²) in [6.07, 6.45) is 50.4. The first-order chi connectivity index (χ1) is 33.7. The molecule has 0 bridgehead atoms. The third-order valence-corrected chi connectivity index (χ3v) is 12.8. The molecular formula is C58H103NO10. The van der Waals surface area contributed by atoms with Crippen LogP contribution in [0.1, 0.15) is 232 Å². The molecule has 0 aromatic carbocycles. The fourth-order valence-corrected chi connectivity index (χ4v) is 8.33. The minimum Gasteiger partial charge on any atom is -0.466 e. The van der Waals surface area contributed by atoms with Gasteiger partial charge in [0.1, 0.15) is 24.4 Å². The Labute approximate surface area is 420 Å². The van der Waals surface area contributed by atoms with E-state index in [2.05, 4.69) is 67.8 Å². The van der Waals surface area contributed by atoms with Crippen molar-refractivity contribution in [2.45, 2.75) is 275 Å². The Bertz CT molecular complexity index is 1330. The number of allylic oxidation sites excluding steroid dienone is 9. The molecule has 1 fully saturated rings. The highest BCUT2D eigenvalue weighted by molar-refractivity contribution is 5.76. The highest BCUT2D eigenvalue weighted by Gasteiger charge is 2.44. The molecule has 7 unspecified atom stereocenters.